The molecule has 0 atom stereocenters. The van der Waals surface area contributed by atoms with Gasteiger partial charge in [0.05, 0.1) is 0 Å². The Morgan fingerprint density at radius 3 is 1.80 bits per heavy atom. The first-order chi connectivity index (χ1) is 12.2. The molecule has 0 fully saturated rings. The van der Waals surface area contributed by atoms with Gasteiger partial charge in [0.2, 0.25) is 0 Å². The number of hydrogen-bond donors (Lipinski definition) is 0. The van der Waals surface area contributed by atoms with E-state index in [1.54, 1.807) is 22.3 Å². The van der Waals surface area contributed by atoms with Crippen LogP contribution in [0.5, 0.6) is 0 Å². The highest BCUT2D eigenvalue weighted by molar-refractivity contribution is 7.99. The van der Waals surface area contributed by atoms with Crippen molar-refractivity contribution in [3.05, 3.63) is 58.7 Å². The van der Waals surface area contributed by atoms with Gasteiger partial charge in [0.1, 0.15) is 0 Å². The van der Waals surface area contributed by atoms with E-state index in [4.69, 9.17) is 0 Å². The van der Waals surface area contributed by atoms with Crippen molar-refractivity contribution < 1.29 is 0 Å². The van der Waals surface area contributed by atoms with Crippen LogP contribution in [0.2, 0.25) is 0 Å². The molecule has 0 unspecified atom stereocenters. The van der Waals surface area contributed by atoms with Gasteiger partial charge in [-0.3, -0.25) is 0 Å². The quantitative estimate of drug-likeness (QED) is 0.422. The summed E-state index contributed by atoms with van der Waals surface area (Å²) in [6.45, 7) is 9.25. The molecule has 0 nitrogen and oxygen atoms in total. The molecule has 2 aromatic carbocycles. The summed E-state index contributed by atoms with van der Waals surface area (Å²) >= 11 is 1.96. The van der Waals surface area contributed by atoms with Gasteiger partial charge in [-0.1, -0.05) is 83.3 Å². The van der Waals surface area contributed by atoms with Crippen LogP contribution in [0.4, 0.5) is 0 Å². The first kappa shape index (κ1) is 20.1. The van der Waals surface area contributed by atoms with Crippen molar-refractivity contribution in [1.82, 2.24) is 0 Å². The van der Waals surface area contributed by atoms with Gasteiger partial charge in [-0.15, -0.1) is 0 Å². The second-order valence-electron chi connectivity index (χ2n) is 6.88. The maximum absolute atomic E-state index is 2.52. The Balaban J connectivity index is 2.58. The highest BCUT2D eigenvalue weighted by Crippen LogP contribution is 2.37. The van der Waals surface area contributed by atoms with Gasteiger partial charge in [0, 0.05) is 9.79 Å². The fourth-order valence-electron chi connectivity index (χ4n) is 3.69. The summed E-state index contributed by atoms with van der Waals surface area (Å²) in [7, 11) is 0. The van der Waals surface area contributed by atoms with Gasteiger partial charge >= 0.3 is 0 Å². The minimum absolute atomic E-state index is 1.20. The summed E-state index contributed by atoms with van der Waals surface area (Å²) in [5.74, 6) is 0. The van der Waals surface area contributed by atoms with Crippen molar-refractivity contribution in [2.45, 2.75) is 88.9 Å². The molecule has 0 radical (unpaired) electrons. The Bertz CT molecular complexity index is 643. The summed E-state index contributed by atoms with van der Waals surface area (Å²) < 4.78 is 0. The maximum Gasteiger partial charge on any atom is 0.0160 e. The van der Waals surface area contributed by atoms with Crippen LogP contribution in [0.1, 0.15) is 75.6 Å². The number of rotatable bonds is 10. The van der Waals surface area contributed by atoms with Crippen LogP contribution in [-0.2, 0) is 25.7 Å². The first-order valence-corrected chi connectivity index (χ1v) is 11.0. The fraction of sp³-hybridized carbons (Fsp3) is 0.500. The molecule has 0 aliphatic carbocycles. The molecule has 136 valence electrons. The maximum atomic E-state index is 2.52. The van der Waals surface area contributed by atoms with Crippen LogP contribution >= 0.6 is 11.8 Å². The molecule has 0 saturated carbocycles. The van der Waals surface area contributed by atoms with E-state index in [-0.39, 0.29) is 0 Å². The van der Waals surface area contributed by atoms with Gasteiger partial charge in [0.25, 0.3) is 0 Å². The molecular weight excluding hydrogens is 320 g/mol. The molecular formula is C24H34S. The zero-order valence-electron chi connectivity index (χ0n) is 16.5. The van der Waals surface area contributed by atoms with E-state index < -0.39 is 0 Å². The highest BCUT2D eigenvalue weighted by Gasteiger charge is 2.17. The van der Waals surface area contributed by atoms with Gasteiger partial charge in [0.15, 0.2) is 0 Å². The second kappa shape index (κ2) is 10.7. The summed E-state index contributed by atoms with van der Waals surface area (Å²) in [5, 5.41) is 0. The topological polar surface area (TPSA) is 0 Å². The molecule has 2 rings (SSSR count). The predicted molar refractivity (Wildman–Crippen MR) is 113 cm³/mol. The Kier molecular flexibility index (Phi) is 8.61. The van der Waals surface area contributed by atoms with Gasteiger partial charge in [-0.05, 0) is 66.1 Å². The average Bonchev–Trinajstić information content (AvgIpc) is 2.62. The minimum atomic E-state index is 1.20. The summed E-state index contributed by atoms with van der Waals surface area (Å²) in [6.07, 6.45) is 9.79. The molecule has 1 heteroatoms. The van der Waals surface area contributed by atoms with E-state index in [9.17, 15) is 0 Å². The van der Waals surface area contributed by atoms with Gasteiger partial charge in [-0.25, -0.2) is 0 Å². The zero-order chi connectivity index (χ0) is 18.1. The van der Waals surface area contributed by atoms with Crippen LogP contribution in [0, 0.1) is 0 Å². The van der Waals surface area contributed by atoms with Crippen LogP contribution in [0.3, 0.4) is 0 Å². The molecule has 0 aromatic heterocycles. The normalized spacial score (nSPS) is 11.0. The highest BCUT2D eigenvalue weighted by atomic mass is 32.2. The standard InChI is InChI=1S/C24H34S/c1-5-12-19-18-24(25-20-16-10-9-11-17-20)23(15-8-4)22(14-7-3)21(19)13-6-2/h9-11,16-18H,5-8,12-15H2,1-4H3. The second-order valence-corrected chi connectivity index (χ2v) is 8.00. The smallest absolute Gasteiger partial charge is 0.0160 e. The van der Waals surface area contributed by atoms with Crippen LogP contribution < -0.4 is 0 Å². The van der Waals surface area contributed by atoms with Crippen molar-refractivity contribution in [3.8, 4) is 0 Å². The van der Waals surface area contributed by atoms with Crippen LogP contribution in [0.15, 0.2) is 46.2 Å². The van der Waals surface area contributed by atoms with E-state index in [0.29, 0.717) is 0 Å². The lowest BCUT2D eigenvalue weighted by molar-refractivity contribution is 0.787. The molecule has 0 amide bonds. The number of benzene rings is 2. The number of hydrogen-bond acceptors (Lipinski definition) is 1. The largest absolute Gasteiger partial charge is 0.0898 e. The summed E-state index contributed by atoms with van der Waals surface area (Å²) in [5.41, 5.74) is 6.58. The van der Waals surface area contributed by atoms with E-state index in [0.717, 1.165) is 0 Å². The molecule has 25 heavy (non-hydrogen) atoms. The van der Waals surface area contributed by atoms with Crippen molar-refractivity contribution in [1.29, 1.82) is 0 Å². The summed E-state index contributed by atoms with van der Waals surface area (Å²) in [6, 6.07) is 13.4. The lowest BCUT2D eigenvalue weighted by Gasteiger charge is -2.22. The van der Waals surface area contributed by atoms with Crippen LogP contribution in [0.25, 0.3) is 0 Å². The summed E-state index contributed by atoms with van der Waals surface area (Å²) in [4.78, 5) is 2.85. The molecule has 0 heterocycles. The SMILES string of the molecule is CCCc1cc(Sc2ccccc2)c(CCC)c(CCC)c1CCC. The molecule has 0 N–H and O–H groups in total. The lowest BCUT2D eigenvalue weighted by Crippen LogP contribution is -2.07. The Labute approximate surface area is 159 Å². The van der Waals surface area contributed by atoms with Gasteiger partial charge in [-0.2, -0.15) is 0 Å². The van der Waals surface area contributed by atoms with Crippen molar-refractivity contribution >= 4 is 11.8 Å². The molecule has 0 spiro atoms. The third-order valence-corrected chi connectivity index (χ3v) is 5.80. The average molecular weight is 355 g/mol. The molecule has 2 aromatic rings. The Morgan fingerprint density at radius 1 is 0.640 bits per heavy atom. The first-order valence-electron chi connectivity index (χ1n) is 10.1. The third-order valence-electron chi connectivity index (χ3n) is 4.71. The Hall–Kier alpha value is -1.21. The molecule has 0 aliphatic rings. The Morgan fingerprint density at radius 2 is 1.20 bits per heavy atom. The monoisotopic (exact) mass is 354 g/mol. The lowest BCUT2D eigenvalue weighted by atomic mass is 9.87. The third kappa shape index (κ3) is 5.38. The van der Waals surface area contributed by atoms with E-state index in [1.807, 2.05) is 11.8 Å². The molecule has 0 saturated heterocycles. The van der Waals surface area contributed by atoms with Gasteiger partial charge < -0.3 is 0 Å². The molecule has 0 bridgehead atoms. The van der Waals surface area contributed by atoms with E-state index in [2.05, 4.69) is 64.1 Å². The van der Waals surface area contributed by atoms with E-state index >= 15 is 0 Å². The van der Waals surface area contributed by atoms with Crippen molar-refractivity contribution in [2.24, 2.45) is 0 Å². The predicted octanol–water partition coefficient (Wildman–Crippen LogP) is 7.65. The van der Waals surface area contributed by atoms with Crippen LogP contribution in [-0.4, -0.2) is 0 Å². The number of aryl methyl sites for hydroxylation is 1. The minimum Gasteiger partial charge on any atom is -0.0898 e. The molecule has 0 aliphatic heterocycles. The van der Waals surface area contributed by atoms with Crippen molar-refractivity contribution in [2.75, 3.05) is 0 Å². The fourth-order valence-corrected chi connectivity index (χ4v) is 4.79. The zero-order valence-corrected chi connectivity index (χ0v) is 17.3. The van der Waals surface area contributed by atoms with E-state index in [1.165, 1.54) is 61.2 Å². The van der Waals surface area contributed by atoms with Crippen molar-refractivity contribution in [3.63, 3.8) is 0 Å².